The van der Waals surface area contributed by atoms with Gasteiger partial charge in [0.25, 0.3) is 0 Å². The van der Waals surface area contributed by atoms with E-state index in [4.69, 9.17) is 10.5 Å². The molecule has 0 aliphatic carbocycles. The predicted octanol–water partition coefficient (Wildman–Crippen LogP) is 3.84. The van der Waals surface area contributed by atoms with Crippen molar-refractivity contribution in [3.05, 3.63) is 35.9 Å². The molecule has 2 atom stereocenters. The van der Waals surface area contributed by atoms with Gasteiger partial charge in [-0.1, -0.05) is 50.6 Å². The van der Waals surface area contributed by atoms with Gasteiger partial charge in [-0.2, -0.15) is 0 Å². The summed E-state index contributed by atoms with van der Waals surface area (Å²) in [4.78, 5) is 2.47. The third kappa shape index (κ3) is 3.65. The Labute approximate surface area is 129 Å². The maximum atomic E-state index is 6.64. The van der Waals surface area contributed by atoms with Crippen LogP contribution in [-0.4, -0.2) is 23.7 Å². The van der Waals surface area contributed by atoms with Crippen LogP contribution in [0.5, 0.6) is 0 Å². The molecule has 0 spiro atoms. The Morgan fingerprint density at radius 2 is 1.67 bits per heavy atom. The third-order valence-electron chi connectivity index (χ3n) is 4.87. The van der Waals surface area contributed by atoms with Crippen molar-refractivity contribution in [1.29, 1.82) is 0 Å². The normalized spacial score (nSPS) is 22.5. The summed E-state index contributed by atoms with van der Waals surface area (Å²) in [7, 11) is 0. The number of hydrogen-bond donors (Lipinski definition) is 1. The first-order valence-corrected chi connectivity index (χ1v) is 8.33. The first-order chi connectivity index (χ1) is 10.0. The van der Waals surface area contributed by atoms with Crippen LogP contribution in [0.2, 0.25) is 0 Å². The molecule has 2 unspecified atom stereocenters. The summed E-state index contributed by atoms with van der Waals surface area (Å²) < 4.78 is 6.55. The first kappa shape index (κ1) is 16.5. The van der Waals surface area contributed by atoms with Gasteiger partial charge in [0.15, 0.2) is 0 Å². The van der Waals surface area contributed by atoms with Gasteiger partial charge in [-0.25, -0.2) is 0 Å². The molecule has 21 heavy (non-hydrogen) atoms. The fourth-order valence-corrected chi connectivity index (χ4v) is 3.18. The molecule has 1 heterocycles. The maximum Gasteiger partial charge on any atom is 0.144 e. The van der Waals surface area contributed by atoms with Crippen LogP contribution in [-0.2, 0) is 10.5 Å². The fourth-order valence-electron chi connectivity index (χ4n) is 3.18. The Balaban J connectivity index is 2.21. The molecule has 0 radical (unpaired) electrons. The van der Waals surface area contributed by atoms with Crippen molar-refractivity contribution >= 4 is 0 Å². The molecule has 1 aliphatic heterocycles. The van der Waals surface area contributed by atoms with Crippen LogP contribution in [0.4, 0.5) is 0 Å². The summed E-state index contributed by atoms with van der Waals surface area (Å²) in [6.07, 6.45) is 5.55. The van der Waals surface area contributed by atoms with E-state index in [9.17, 15) is 0 Å². The average Bonchev–Trinajstić information content (AvgIpc) is 2.56. The van der Waals surface area contributed by atoms with Crippen LogP contribution in [0.3, 0.4) is 0 Å². The number of benzene rings is 1. The van der Waals surface area contributed by atoms with Crippen LogP contribution >= 0.6 is 0 Å². The summed E-state index contributed by atoms with van der Waals surface area (Å²) in [6, 6.07) is 10.2. The zero-order valence-electron chi connectivity index (χ0n) is 13.8. The molecule has 0 amide bonds. The summed E-state index contributed by atoms with van der Waals surface area (Å²) >= 11 is 0. The van der Waals surface area contributed by atoms with Gasteiger partial charge in [0.1, 0.15) is 11.4 Å². The number of hydrogen-bond acceptors (Lipinski definition) is 3. The summed E-state index contributed by atoms with van der Waals surface area (Å²) in [6.45, 7) is 8.70. The second kappa shape index (κ2) is 6.91. The van der Waals surface area contributed by atoms with E-state index >= 15 is 0 Å². The van der Waals surface area contributed by atoms with E-state index in [2.05, 4.69) is 37.8 Å². The van der Waals surface area contributed by atoms with Gasteiger partial charge < -0.3 is 4.74 Å². The highest BCUT2D eigenvalue weighted by Gasteiger charge is 2.39. The van der Waals surface area contributed by atoms with Gasteiger partial charge in [0, 0.05) is 13.1 Å². The number of rotatable bonds is 6. The van der Waals surface area contributed by atoms with E-state index in [1.165, 1.54) is 19.3 Å². The van der Waals surface area contributed by atoms with E-state index < -0.39 is 5.72 Å². The molecular weight excluding hydrogens is 260 g/mol. The van der Waals surface area contributed by atoms with Crippen molar-refractivity contribution < 1.29 is 4.74 Å². The third-order valence-corrected chi connectivity index (χ3v) is 4.87. The molecule has 3 nitrogen and oxygen atoms in total. The predicted molar refractivity (Wildman–Crippen MR) is 87.8 cm³/mol. The van der Waals surface area contributed by atoms with Gasteiger partial charge in [0.05, 0.1) is 0 Å². The maximum absolute atomic E-state index is 6.64. The van der Waals surface area contributed by atoms with Gasteiger partial charge in [-0.15, -0.1) is 0 Å². The van der Waals surface area contributed by atoms with Crippen LogP contribution < -0.4 is 5.73 Å². The molecule has 0 bridgehead atoms. The molecule has 0 saturated carbocycles. The van der Waals surface area contributed by atoms with Crippen LogP contribution in [0.15, 0.2) is 30.3 Å². The zero-order valence-corrected chi connectivity index (χ0v) is 13.8. The van der Waals surface area contributed by atoms with Gasteiger partial charge in [-0.05, 0) is 38.2 Å². The SMILES string of the molecule is CCC(N)(OC(C)(CC)N1CCCCC1)c1ccccc1. The molecule has 1 aliphatic rings. The molecular formula is C18H30N2O. The van der Waals surface area contributed by atoms with Crippen molar-refractivity contribution in [1.82, 2.24) is 4.90 Å². The van der Waals surface area contributed by atoms with Crippen LogP contribution in [0, 0.1) is 0 Å². The van der Waals surface area contributed by atoms with Crippen LogP contribution in [0.25, 0.3) is 0 Å². The Morgan fingerprint density at radius 3 is 2.19 bits per heavy atom. The lowest BCUT2D eigenvalue weighted by molar-refractivity contribution is -0.230. The summed E-state index contributed by atoms with van der Waals surface area (Å²) in [5.74, 6) is 0. The Hall–Kier alpha value is -0.900. The van der Waals surface area contributed by atoms with Crippen LogP contribution in [0.1, 0.15) is 58.4 Å². The minimum atomic E-state index is -0.719. The minimum absolute atomic E-state index is 0.291. The summed E-state index contributed by atoms with van der Waals surface area (Å²) in [5, 5.41) is 0. The average molecular weight is 290 g/mol. The molecule has 2 N–H and O–H groups in total. The lowest BCUT2D eigenvalue weighted by Gasteiger charge is -2.47. The smallest absolute Gasteiger partial charge is 0.144 e. The quantitative estimate of drug-likeness (QED) is 0.809. The largest absolute Gasteiger partial charge is 0.336 e. The second-order valence-electron chi connectivity index (χ2n) is 6.29. The zero-order chi connectivity index (χ0) is 15.3. The van der Waals surface area contributed by atoms with E-state index in [1.54, 1.807) is 0 Å². The fraction of sp³-hybridized carbons (Fsp3) is 0.667. The standard InChI is InChI=1S/C18H30N2O/c1-4-17(3,20-14-10-7-11-15-20)21-18(19,5-2)16-12-8-6-9-13-16/h6,8-9,12-13H,4-5,7,10-11,14-15,19H2,1-3H3. The van der Waals surface area contributed by atoms with E-state index in [-0.39, 0.29) is 5.72 Å². The monoisotopic (exact) mass is 290 g/mol. The van der Waals surface area contributed by atoms with E-state index in [0.29, 0.717) is 0 Å². The lowest BCUT2D eigenvalue weighted by atomic mass is 9.98. The van der Waals surface area contributed by atoms with Crippen molar-refractivity contribution in [3.8, 4) is 0 Å². The Kier molecular flexibility index (Phi) is 5.42. The van der Waals surface area contributed by atoms with Crippen molar-refractivity contribution in [2.45, 2.75) is 64.3 Å². The molecule has 0 aromatic heterocycles. The van der Waals surface area contributed by atoms with E-state index in [0.717, 1.165) is 31.5 Å². The number of likely N-dealkylation sites (tertiary alicyclic amines) is 1. The lowest BCUT2D eigenvalue weighted by Crippen LogP contribution is -2.56. The number of nitrogens with two attached hydrogens (primary N) is 1. The van der Waals surface area contributed by atoms with Crippen molar-refractivity contribution in [2.75, 3.05) is 13.1 Å². The molecule has 1 saturated heterocycles. The molecule has 118 valence electrons. The number of piperidine rings is 1. The van der Waals surface area contributed by atoms with Crippen molar-refractivity contribution in [3.63, 3.8) is 0 Å². The second-order valence-corrected chi connectivity index (χ2v) is 6.29. The highest BCUT2D eigenvalue weighted by atomic mass is 16.6. The van der Waals surface area contributed by atoms with E-state index in [1.807, 2.05) is 18.2 Å². The highest BCUT2D eigenvalue weighted by Crippen LogP contribution is 2.34. The first-order valence-electron chi connectivity index (χ1n) is 8.33. The molecule has 1 aromatic carbocycles. The highest BCUT2D eigenvalue weighted by molar-refractivity contribution is 5.21. The molecule has 3 heteroatoms. The number of nitrogens with zero attached hydrogens (tertiary/aromatic N) is 1. The van der Waals surface area contributed by atoms with Gasteiger partial charge >= 0.3 is 0 Å². The number of ether oxygens (including phenoxy) is 1. The summed E-state index contributed by atoms with van der Waals surface area (Å²) in [5.41, 5.74) is 6.69. The van der Waals surface area contributed by atoms with Crippen molar-refractivity contribution in [2.24, 2.45) is 5.73 Å². The Morgan fingerprint density at radius 1 is 1.05 bits per heavy atom. The van der Waals surface area contributed by atoms with Gasteiger partial charge in [0.2, 0.25) is 0 Å². The van der Waals surface area contributed by atoms with Gasteiger partial charge in [-0.3, -0.25) is 10.6 Å². The molecule has 2 rings (SSSR count). The minimum Gasteiger partial charge on any atom is -0.336 e. The Bertz CT molecular complexity index is 430. The molecule has 1 fully saturated rings. The topological polar surface area (TPSA) is 38.5 Å². The molecule has 1 aromatic rings.